The molecule has 0 aromatic heterocycles. The van der Waals surface area contributed by atoms with Crippen LogP contribution in [0.15, 0.2) is 48.5 Å². The molecule has 0 saturated carbocycles. The highest BCUT2D eigenvalue weighted by atomic mass is 32.1. The highest BCUT2D eigenvalue weighted by Crippen LogP contribution is 2.31. The first-order valence-electron chi connectivity index (χ1n) is 13.5. The van der Waals surface area contributed by atoms with Crippen LogP contribution < -0.4 is 10.6 Å². The van der Waals surface area contributed by atoms with Gasteiger partial charge in [0.05, 0.1) is 23.3 Å². The van der Waals surface area contributed by atoms with E-state index < -0.39 is 39.1 Å². The van der Waals surface area contributed by atoms with Crippen molar-refractivity contribution in [2.75, 3.05) is 0 Å². The number of nitro groups is 1. The quantitative estimate of drug-likeness (QED) is 0.162. The molecule has 0 fully saturated rings. The van der Waals surface area contributed by atoms with Gasteiger partial charge in [-0.2, -0.15) is 12.6 Å². The molecule has 2 aromatic carbocycles. The number of carbonyl (C=O) groups is 3. The highest BCUT2D eigenvalue weighted by Gasteiger charge is 2.38. The first-order chi connectivity index (χ1) is 18.6. The molecule has 2 aromatic rings. The van der Waals surface area contributed by atoms with Gasteiger partial charge in [0.1, 0.15) is 11.6 Å². The third-order valence-corrected chi connectivity index (χ3v) is 7.18. The Labute approximate surface area is 241 Å². The summed E-state index contributed by atoms with van der Waals surface area (Å²) in [6.07, 6.45) is 2.53. The van der Waals surface area contributed by atoms with Gasteiger partial charge in [-0.1, -0.05) is 50.2 Å². The van der Waals surface area contributed by atoms with Crippen molar-refractivity contribution in [1.29, 1.82) is 0 Å². The summed E-state index contributed by atoms with van der Waals surface area (Å²) in [4.78, 5) is 50.5. The number of thiol groups is 1. The molecule has 1 aliphatic rings. The lowest BCUT2D eigenvalue weighted by atomic mass is 9.87. The van der Waals surface area contributed by atoms with Gasteiger partial charge >= 0.3 is 5.97 Å². The molecule has 9 nitrogen and oxygen atoms in total. The van der Waals surface area contributed by atoms with Gasteiger partial charge in [-0.25, -0.2) is 0 Å². The van der Waals surface area contributed by atoms with Gasteiger partial charge in [0.15, 0.2) is 0 Å². The fraction of sp³-hybridized carbons (Fsp3) is 0.500. The van der Waals surface area contributed by atoms with Crippen LogP contribution in [-0.2, 0) is 32.0 Å². The summed E-state index contributed by atoms with van der Waals surface area (Å²) >= 11 is 4.58. The summed E-state index contributed by atoms with van der Waals surface area (Å²) in [7, 11) is 0. The summed E-state index contributed by atoms with van der Waals surface area (Å²) < 4.78 is 4.55. The van der Waals surface area contributed by atoms with Crippen LogP contribution >= 0.6 is 12.6 Å². The Bertz CT molecular complexity index is 1230. The zero-order valence-corrected chi connectivity index (χ0v) is 24.6. The van der Waals surface area contributed by atoms with Crippen LogP contribution in [-0.4, -0.2) is 39.1 Å². The minimum absolute atomic E-state index is 0.0677. The molecule has 0 heterocycles. The van der Waals surface area contributed by atoms with Crippen molar-refractivity contribution >= 4 is 36.1 Å². The fourth-order valence-electron chi connectivity index (χ4n) is 4.86. The van der Waals surface area contributed by atoms with Crippen molar-refractivity contribution in [1.82, 2.24) is 10.6 Å². The number of carbonyl (C=O) groups excluding carboxylic acids is 3. The Morgan fingerprint density at radius 2 is 1.70 bits per heavy atom. The average molecular weight is 570 g/mol. The lowest BCUT2D eigenvalue weighted by Crippen LogP contribution is -2.53. The summed E-state index contributed by atoms with van der Waals surface area (Å²) in [6, 6.07) is 12.7. The predicted octanol–water partition coefficient (Wildman–Crippen LogP) is 4.87. The number of hydrogen-bond acceptors (Lipinski definition) is 7. The number of nitro benzene ring substituents is 1. The topological polar surface area (TPSA) is 128 Å². The molecule has 0 bridgehead atoms. The minimum Gasteiger partial charge on any atom is -0.460 e. The molecule has 0 radical (unpaired) electrons. The Hall–Kier alpha value is -3.40. The summed E-state index contributed by atoms with van der Waals surface area (Å²) in [6.45, 7) is 8.71. The second-order valence-corrected chi connectivity index (χ2v) is 13.0. The Kier molecular flexibility index (Phi) is 10.00. The van der Waals surface area contributed by atoms with Gasteiger partial charge in [0, 0.05) is 23.3 Å². The molecule has 0 saturated heterocycles. The Morgan fingerprint density at radius 1 is 1.05 bits per heavy atom. The van der Waals surface area contributed by atoms with E-state index in [1.807, 2.05) is 18.2 Å². The van der Waals surface area contributed by atoms with E-state index in [0.717, 1.165) is 24.8 Å². The van der Waals surface area contributed by atoms with E-state index in [9.17, 15) is 24.5 Å². The van der Waals surface area contributed by atoms with Crippen LogP contribution in [0.2, 0.25) is 0 Å². The SMILES string of the molecule is CC(C)(C)OC(=O)C[C@H](C(=O)NC(Cc1ccc([N+](=O)[O-])cc1)C(=O)NC1CCCc2ccccc21)C(C)(C)S. The van der Waals surface area contributed by atoms with Crippen LogP contribution in [0.1, 0.15) is 76.6 Å². The standard InChI is InChI=1S/C30H39N3O6S/c1-29(2,3)39-26(34)18-23(30(4,5)40)27(35)32-25(17-19-13-15-21(16-14-19)33(37)38)28(36)31-24-12-8-10-20-9-6-7-11-22(20)24/h6-7,9,11,13-16,23-25,40H,8,10,12,17-18H2,1-5H3,(H,31,36)(H,32,35)/t23-,24?,25?/m1/s1. The van der Waals surface area contributed by atoms with Crippen LogP contribution in [0, 0.1) is 16.0 Å². The van der Waals surface area contributed by atoms with Crippen molar-refractivity contribution in [3.05, 3.63) is 75.3 Å². The number of nitrogens with one attached hydrogen (secondary N) is 2. The third-order valence-electron chi connectivity index (χ3n) is 6.87. The summed E-state index contributed by atoms with van der Waals surface area (Å²) in [5.74, 6) is -2.29. The maximum absolute atomic E-state index is 13.7. The number of aryl methyl sites for hydroxylation is 1. The van der Waals surface area contributed by atoms with Gasteiger partial charge in [0.2, 0.25) is 11.8 Å². The van der Waals surface area contributed by atoms with E-state index in [1.54, 1.807) is 46.8 Å². The number of benzene rings is 2. The van der Waals surface area contributed by atoms with E-state index in [4.69, 9.17) is 4.74 Å². The van der Waals surface area contributed by atoms with Crippen LogP contribution in [0.4, 0.5) is 5.69 Å². The molecule has 2 amide bonds. The molecule has 2 N–H and O–H groups in total. The van der Waals surface area contributed by atoms with Gasteiger partial charge in [0.25, 0.3) is 5.69 Å². The third kappa shape index (κ3) is 8.81. The lowest BCUT2D eigenvalue weighted by molar-refractivity contribution is -0.384. The van der Waals surface area contributed by atoms with Gasteiger partial charge in [-0.3, -0.25) is 24.5 Å². The zero-order chi connectivity index (χ0) is 29.7. The second kappa shape index (κ2) is 12.8. The molecular formula is C30H39N3O6S. The number of nitrogens with zero attached hydrogens (tertiary/aromatic N) is 1. The molecule has 216 valence electrons. The molecule has 3 rings (SSSR count). The number of hydrogen-bond donors (Lipinski definition) is 3. The molecule has 3 atom stereocenters. The van der Waals surface area contributed by atoms with Crippen molar-refractivity contribution in [2.24, 2.45) is 5.92 Å². The molecule has 0 aliphatic heterocycles. The average Bonchev–Trinajstić information content (AvgIpc) is 2.85. The second-order valence-electron chi connectivity index (χ2n) is 11.8. The smallest absolute Gasteiger partial charge is 0.307 e. The molecule has 40 heavy (non-hydrogen) atoms. The summed E-state index contributed by atoms with van der Waals surface area (Å²) in [5, 5.41) is 17.1. The predicted molar refractivity (Wildman–Crippen MR) is 156 cm³/mol. The first-order valence-corrected chi connectivity index (χ1v) is 13.9. The number of ether oxygens (including phenoxy) is 1. The van der Waals surface area contributed by atoms with Crippen molar-refractivity contribution < 1.29 is 24.0 Å². The molecule has 1 aliphatic carbocycles. The maximum atomic E-state index is 13.7. The minimum atomic E-state index is -0.986. The van der Waals surface area contributed by atoms with Gasteiger partial charge < -0.3 is 15.4 Å². The van der Waals surface area contributed by atoms with E-state index >= 15 is 0 Å². The van der Waals surface area contributed by atoms with Crippen molar-refractivity contribution in [3.8, 4) is 0 Å². The lowest BCUT2D eigenvalue weighted by Gasteiger charge is -2.32. The van der Waals surface area contributed by atoms with Crippen LogP contribution in [0.3, 0.4) is 0 Å². The van der Waals surface area contributed by atoms with E-state index in [-0.39, 0.29) is 30.5 Å². The molecule has 2 unspecified atom stereocenters. The number of rotatable bonds is 10. The van der Waals surface area contributed by atoms with Gasteiger partial charge in [-0.05, 0) is 56.7 Å². The van der Waals surface area contributed by atoms with Crippen molar-refractivity contribution in [3.63, 3.8) is 0 Å². The van der Waals surface area contributed by atoms with Crippen molar-refractivity contribution in [2.45, 2.75) is 89.2 Å². The van der Waals surface area contributed by atoms with Crippen LogP contribution in [0.25, 0.3) is 0 Å². The molecular weight excluding hydrogens is 530 g/mol. The zero-order valence-electron chi connectivity index (χ0n) is 23.7. The number of non-ortho nitro benzene ring substituents is 1. The van der Waals surface area contributed by atoms with Gasteiger partial charge in [-0.15, -0.1) is 0 Å². The normalized spacial score (nSPS) is 16.7. The van der Waals surface area contributed by atoms with E-state index in [2.05, 4.69) is 29.3 Å². The fourth-order valence-corrected chi connectivity index (χ4v) is 5.07. The molecule has 10 heteroatoms. The monoisotopic (exact) mass is 569 g/mol. The largest absolute Gasteiger partial charge is 0.460 e. The summed E-state index contributed by atoms with van der Waals surface area (Å²) in [5.41, 5.74) is 2.10. The molecule has 0 spiro atoms. The number of esters is 1. The number of amides is 2. The highest BCUT2D eigenvalue weighted by molar-refractivity contribution is 7.81. The maximum Gasteiger partial charge on any atom is 0.307 e. The first kappa shape index (κ1) is 31.1. The van der Waals surface area contributed by atoms with Crippen LogP contribution in [0.5, 0.6) is 0 Å². The Balaban J connectivity index is 1.85. The van der Waals surface area contributed by atoms with E-state index in [0.29, 0.717) is 5.56 Å². The van der Waals surface area contributed by atoms with E-state index in [1.165, 1.54) is 17.7 Å². The Morgan fingerprint density at radius 3 is 2.30 bits per heavy atom. The number of fused-ring (bicyclic) bond motifs is 1.